The monoisotopic (exact) mass is 271 g/mol. The first-order valence-electron chi connectivity index (χ1n) is 7.50. The van der Waals surface area contributed by atoms with E-state index in [1.807, 2.05) is 12.4 Å². The molecule has 0 aliphatic carbocycles. The van der Waals surface area contributed by atoms with Crippen LogP contribution in [0, 0.1) is 5.92 Å². The zero-order valence-corrected chi connectivity index (χ0v) is 12.5. The van der Waals surface area contributed by atoms with Gasteiger partial charge in [0.2, 0.25) is 0 Å². The van der Waals surface area contributed by atoms with E-state index in [0.717, 1.165) is 25.9 Å². The Kier molecular flexibility index (Phi) is 5.81. The van der Waals surface area contributed by atoms with Gasteiger partial charge in [0.15, 0.2) is 0 Å². The SMILES string of the molecule is CCNCC(CCc1nccn1C)Cc1ccccc1. The van der Waals surface area contributed by atoms with Crippen molar-refractivity contribution in [1.82, 2.24) is 14.9 Å². The molecule has 1 unspecified atom stereocenters. The van der Waals surface area contributed by atoms with Crippen LogP contribution < -0.4 is 5.32 Å². The quantitative estimate of drug-likeness (QED) is 0.800. The average molecular weight is 271 g/mol. The zero-order valence-electron chi connectivity index (χ0n) is 12.5. The highest BCUT2D eigenvalue weighted by Crippen LogP contribution is 2.14. The molecule has 0 saturated carbocycles. The van der Waals surface area contributed by atoms with Gasteiger partial charge in [-0.3, -0.25) is 0 Å². The fraction of sp³-hybridized carbons (Fsp3) is 0.471. The van der Waals surface area contributed by atoms with E-state index in [-0.39, 0.29) is 0 Å². The molecule has 108 valence electrons. The molecule has 3 nitrogen and oxygen atoms in total. The van der Waals surface area contributed by atoms with Crippen LogP contribution in [0.2, 0.25) is 0 Å². The second kappa shape index (κ2) is 7.85. The van der Waals surface area contributed by atoms with Gasteiger partial charge in [-0.25, -0.2) is 4.98 Å². The molecule has 3 heteroatoms. The van der Waals surface area contributed by atoms with Gasteiger partial charge in [0.1, 0.15) is 5.82 Å². The molecule has 20 heavy (non-hydrogen) atoms. The Morgan fingerprint density at radius 3 is 2.70 bits per heavy atom. The number of imidazole rings is 1. The molecule has 1 N–H and O–H groups in total. The van der Waals surface area contributed by atoms with E-state index in [0.29, 0.717) is 5.92 Å². The van der Waals surface area contributed by atoms with Gasteiger partial charge in [0.05, 0.1) is 0 Å². The first kappa shape index (κ1) is 14.8. The minimum Gasteiger partial charge on any atom is -0.338 e. The molecule has 2 aromatic rings. The third kappa shape index (κ3) is 4.49. The Hall–Kier alpha value is -1.61. The van der Waals surface area contributed by atoms with Crippen molar-refractivity contribution in [3.63, 3.8) is 0 Å². The number of hydrogen-bond donors (Lipinski definition) is 1. The first-order valence-corrected chi connectivity index (χ1v) is 7.50. The topological polar surface area (TPSA) is 29.9 Å². The Labute approximate surface area is 122 Å². The Morgan fingerprint density at radius 2 is 2.05 bits per heavy atom. The van der Waals surface area contributed by atoms with Crippen molar-refractivity contribution in [3.8, 4) is 0 Å². The summed E-state index contributed by atoms with van der Waals surface area (Å²) >= 11 is 0. The number of aromatic nitrogens is 2. The molecule has 2 rings (SSSR count). The van der Waals surface area contributed by atoms with Gasteiger partial charge in [-0.1, -0.05) is 37.3 Å². The number of hydrogen-bond acceptors (Lipinski definition) is 2. The maximum Gasteiger partial charge on any atom is 0.108 e. The largest absolute Gasteiger partial charge is 0.338 e. The molecule has 0 aliphatic rings. The van der Waals surface area contributed by atoms with Crippen LogP contribution in [-0.2, 0) is 19.9 Å². The molecule has 1 aromatic heterocycles. The second-order valence-electron chi connectivity index (χ2n) is 5.36. The summed E-state index contributed by atoms with van der Waals surface area (Å²) in [6.07, 6.45) is 7.26. The normalized spacial score (nSPS) is 12.5. The smallest absolute Gasteiger partial charge is 0.108 e. The zero-order chi connectivity index (χ0) is 14.2. The van der Waals surface area contributed by atoms with Crippen LogP contribution in [0.1, 0.15) is 24.7 Å². The van der Waals surface area contributed by atoms with E-state index < -0.39 is 0 Å². The van der Waals surface area contributed by atoms with E-state index >= 15 is 0 Å². The van der Waals surface area contributed by atoms with Crippen LogP contribution >= 0.6 is 0 Å². The predicted molar refractivity (Wildman–Crippen MR) is 83.7 cm³/mol. The summed E-state index contributed by atoms with van der Waals surface area (Å²) in [6.45, 7) is 4.28. The third-order valence-corrected chi connectivity index (χ3v) is 3.75. The number of nitrogens with zero attached hydrogens (tertiary/aromatic N) is 2. The predicted octanol–water partition coefficient (Wildman–Crippen LogP) is 2.82. The maximum absolute atomic E-state index is 4.42. The lowest BCUT2D eigenvalue weighted by atomic mass is 9.94. The number of nitrogens with one attached hydrogen (secondary N) is 1. The molecule has 0 saturated heterocycles. The van der Waals surface area contributed by atoms with Gasteiger partial charge in [0, 0.05) is 25.9 Å². The van der Waals surface area contributed by atoms with Crippen LogP contribution in [-0.4, -0.2) is 22.6 Å². The molecule has 0 bridgehead atoms. The minimum absolute atomic E-state index is 0.661. The number of rotatable bonds is 8. The summed E-state index contributed by atoms with van der Waals surface area (Å²) in [7, 11) is 2.07. The molecule has 1 aromatic carbocycles. The molecule has 1 atom stereocenters. The summed E-state index contributed by atoms with van der Waals surface area (Å²) in [5.74, 6) is 1.84. The van der Waals surface area contributed by atoms with Crippen molar-refractivity contribution in [2.24, 2.45) is 13.0 Å². The Balaban J connectivity index is 1.91. The summed E-state index contributed by atoms with van der Waals surface area (Å²) in [4.78, 5) is 4.42. The van der Waals surface area contributed by atoms with Gasteiger partial charge in [-0.15, -0.1) is 0 Å². The van der Waals surface area contributed by atoms with Gasteiger partial charge >= 0.3 is 0 Å². The highest BCUT2D eigenvalue weighted by molar-refractivity contribution is 5.15. The molecular weight excluding hydrogens is 246 g/mol. The van der Waals surface area contributed by atoms with E-state index in [4.69, 9.17) is 0 Å². The lowest BCUT2D eigenvalue weighted by molar-refractivity contribution is 0.443. The lowest BCUT2D eigenvalue weighted by Gasteiger charge is -2.17. The van der Waals surface area contributed by atoms with E-state index in [1.165, 1.54) is 17.8 Å². The van der Waals surface area contributed by atoms with Gasteiger partial charge < -0.3 is 9.88 Å². The highest BCUT2D eigenvalue weighted by Gasteiger charge is 2.11. The Morgan fingerprint density at radius 1 is 1.25 bits per heavy atom. The molecular formula is C17H25N3. The van der Waals surface area contributed by atoms with Crippen molar-refractivity contribution in [2.45, 2.75) is 26.2 Å². The fourth-order valence-corrected chi connectivity index (χ4v) is 2.54. The average Bonchev–Trinajstić information content (AvgIpc) is 2.88. The molecule has 0 radical (unpaired) electrons. The van der Waals surface area contributed by atoms with E-state index in [2.05, 4.69) is 59.2 Å². The van der Waals surface area contributed by atoms with Crippen LogP contribution in [0.25, 0.3) is 0 Å². The highest BCUT2D eigenvalue weighted by atomic mass is 15.0. The van der Waals surface area contributed by atoms with E-state index in [1.54, 1.807) is 0 Å². The van der Waals surface area contributed by atoms with E-state index in [9.17, 15) is 0 Å². The lowest BCUT2D eigenvalue weighted by Crippen LogP contribution is -2.24. The molecule has 1 heterocycles. The Bertz CT molecular complexity index is 490. The number of benzene rings is 1. The van der Waals surface area contributed by atoms with Crippen molar-refractivity contribution in [1.29, 1.82) is 0 Å². The van der Waals surface area contributed by atoms with Crippen molar-refractivity contribution in [3.05, 3.63) is 54.1 Å². The van der Waals surface area contributed by atoms with Gasteiger partial charge in [0.25, 0.3) is 0 Å². The van der Waals surface area contributed by atoms with Crippen molar-refractivity contribution in [2.75, 3.05) is 13.1 Å². The van der Waals surface area contributed by atoms with Crippen LogP contribution in [0.4, 0.5) is 0 Å². The maximum atomic E-state index is 4.42. The fourth-order valence-electron chi connectivity index (χ4n) is 2.54. The van der Waals surface area contributed by atoms with Gasteiger partial charge in [-0.05, 0) is 37.4 Å². The first-order chi connectivity index (χ1) is 9.79. The molecule has 0 spiro atoms. The minimum atomic E-state index is 0.661. The third-order valence-electron chi connectivity index (χ3n) is 3.75. The van der Waals surface area contributed by atoms with Crippen molar-refractivity contribution >= 4 is 0 Å². The standard InChI is InChI=1S/C17H25N3/c1-3-18-14-16(13-15-7-5-4-6-8-15)9-10-17-19-11-12-20(17)2/h4-8,11-12,16,18H,3,9-10,13-14H2,1-2H3. The van der Waals surface area contributed by atoms with Crippen LogP contribution in [0.15, 0.2) is 42.7 Å². The van der Waals surface area contributed by atoms with Crippen molar-refractivity contribution < 1.29 is 0 Å². The second-order valence-corrected chi connectivity index (χ2v) is 5.36. The summed E-state index contributed by atoms with van der Waals surface area (Å²) < 4.78 is 2.12. The summed E-state index contributed by atoms with van der Waals surface area (Å²) in [6, 6.07) is 10.8. The van der Waals surface area contributed by atoms with Crippen LogP contribution in [0.5, 0.6) is 0 Å². The molecule has 0 fully saturated rings. The molecule has 0 aliphatic heterocycles. The summed E-state index contributed by atoms with van der Waals surface area (Å²) in [5, 5.41) is 3.49. The molecule has 0 amide bonds. The van der Waals surface area contributed by atoms with Crippen LogP contribution in [0.3, 0.4) is 0 Å². The number of aryl methyl sites for hydroxylation is 2. The summed E-state index contributed by atoms with van der Waals surface area (Å²) in [5.41, 5.74) is 1.43. The van der Waals surface area contributed by atoms with Gasteiger partial charge in [-0.2, -0.15) is 0 Å².